The van der Waals surface area contributed by atoms with E-state index in [1.165, 1.54) is 12.1 Å². The number of halogens is 1. The van der Waals surface area contributed by atoms with E-state index in [0.29, 0.717) is 22.2 Å². The van der Waals surface area contributed by atoms with Gasteiger partial charge < -0.3 is 10.5 Å². The van der Waals surface area contributed by atoms with E-state index in [2.05, 4.69) is 4.98 Å². The summed E-state index contributed by atoms with van der Waals surface area (Å²) in [4.78, 5) is 15.6. The molecule has 1 heterocycles. The van der Waals surface area contributed by atoms with Gasteiger partial charge in [0.15, 0.2) is 0 Å². The van der Waals surface area contributed by atoms with Crippen LogP contribution in [-0.2, 0) is 6.61 Å². The van der Waals surface area contributed by atoms with Crippen molar-refractivity contribution in [2.75, 3.05) is 0 Å². The summed E-state index contributed by atoms with van der Waals surface area (Å²) in [6.07, 6.45) is 1.64. The number of nitrogens with two attached hydrogens (primary N) is 1. The molecule has 0 aliphatic carbocycles. The first-order chi connectivity index (χ1) is 10.6. The Bertz CT molecular complexity index is 849. The second-order valence-electron chi connectivity index (χ2n) is 4.79. The lowest BCUT2D eigenvalue weighted by Gasteiger charge is -2.11. The predicted molar refractivity (Wildman–Crippen MR) is 81.0 cm³/mol. The van der Waals surface area contributed by atoms with Gasteiger partial charge in [-0.2, -0.15) is 0 Å². The topological polar surface area (TPSA) is 65.2 Å². The monoisotopic (exact) mass is 296 g/mol. The smallest absolute Gasteiger partial charge is 0.252 e. The number of carbonyl (C=O) groups excluding carboxylic acids is 1. The zero-order valence-corrected chi connectivity index (χ0v) is 11.6. The second kappa shape index (κ2) is 5.81. The van der Waals surface area contributed by atoms with E-state index < -0.39 is 5.91 Å². The van der Waals surface area contributed by atoms with Crippen LogP contribution in [0.25, 0.3) is 10.9 Å². The molecule has 0 radical (unpaired) electrons. The van der Waals surface area contributed by atoms with Crippen LogP contribution >= 0.6 is 0 Å². The maximum Gasteiger partial charge on any atom is 0.252 e. The van der Waals surface area contributed by atoms with Gasteiger partial charge in [-0.1, -0.05) is 18.2 Å². The number of carbonyl (C=O) groups is 1. The fraction of sp³-hybridized carbons (Fsp3) is 0.0588. The van der Waals surface area contributed by atoms with Crippen molar-refractivity contribution >= 4 is 16.8 Å². The predicted octanol–water partition coefficient (Wildman–Crippen LogP) is 3.05. The van der Waals surface area contributed by atoms with Crippen LogP contribution in [0.1, 0.15) is 15.9 Å². The normalized spacial score (nSPS) is 10.6. The van der Waals surface area contributed by atoms with E-state index in [4.69, 9.17) is 10.5 Å². The van der Waals surface area contributed by atoms with E-state index >= 15 is 0 Å². The van der Waals surface area contributed by atoms with Crippen molar-refractivity contribution in [3.8, 4) is 5.75 Å². The zero-order valence-electron chi connectivity index (χ0n) is 11.6. The molecule has 3 aromatic rings. The SMILES string of the molecule is NC(=O)c1ccccc1OCc1cc(F)cc2cccnc12. The fourth-order valence-electron chi connectivity index (χ4n) is 2.29. The van der Waals surface area contributed by atoms with Gasteiger partial charge in [0.2, 0.25) is 0 Å². The number of fused-ring (bicyclic) bond motifs is 1. The minimum atomic E-state index is -0.571. The molecule has 3 rings (SSSR count). The molecule has 0 saturated carbocycles. The number of rotatable bonds is 4. The Kier molecular flexibility index (Phi) is 3.70. The molecule has 4 nitrogen and oxygen atoms in total. The molecule has 0 unspecified atom stereocenters. The average molecular weight is 296 g/mol. The summed E-state index contributed by atoms with van der Waals surface area (Å²) in [5, 5.41) is 0.698. The van der Waals surface area contributed by atoms with Crippen LogP contribution in [0, 0.1) is 5.82 Å². The third-order valence-corrected chi connectivity index (χ3v) is 3.28. The number of nitrogens with zero attached hydrogens (tertiary/aromatic N) is 1. The van der Waals surface area contributed by atoms with Gasteiger partial charge in [0.25, 0.3) is 5.91 Å². The van der Waals surface area contributed by atoms with E-state index in [1.807, 2.05) is 0 Å². The summed E-state index contributed by atoms with van der Waals surface area (Å²) in [5.74, 6) is -0.566. The Labute approximate surface area is 126 Å². The number of ether oxygens (including phenoxy) is 1. The molecule has 0 atom stereocenters. The Morgan fingerprint density at radius 1 is 1.18 bits per heavy atom. The molecule has 2 aromatic carbocycles. The number of hydrogen-bond acceptors (Lipinski definition) is 3. The zero-order chi connectivity index (χ0) is 15.5. The molecule has 0 saturated heterocycles. The van der Waals surface area contributed by atoms with Gasteiger partial charge in [-0.25, -0.2) is 4.39 Å². The van der Waals surface area contributed by atoms with Crippen LogP contribution < -0.4 is 10.5 Å². The van der Waals surface area contributed by atoms with Gasteiger partial charge in [-0.05, 0) is 30.3 Å². The van der Waals surface area contributed by atoms with Crippen LogP contribution in [0.2, 0.25) is 0 Å². The first kappa shape index (κ1) is 14.0. The number of pyridine rings is 1. The highest BCUT2D eigenvalue weighted by atomic mass is 19.1. The van der Waals surface area contributed by atoms with Gasteiger partial charge in [-0.15, -0.1) is 0 Å². The summed E-state index contributed by atoms with van der Waals surface area (Å²) < 4.78 is 19.3. The second-order valence-corrected chi connectivity index (χ2v) is 4.79. The fourth-order valence-corrected chi connectivity index (χ4v) is 2.29. The van der Waals surface area contributed by atoms with Crippen LogP contribution in [0.3, 0.4) is 0 Å². The van der Waals surface area contributed by atoms with E-state index in [-0.39, 0.29) is 18.0 Å². The molecule has 5 heteroatoms. The minimum absolute atomic E-state index is 0.0928. The Morgan fingerprint density at radius 2 is 2.00 bits per heavy atom. The van der Waals surface area contributed by atoms with Gasteiger partial charge in [0.05, 0.1) is 11.1 Å². The maximum atomic E-state index is 13.7. The lowest BCUT2D eigenvalue weighted by Crippen LogP contribution is -2.13. The third-order valence-electron chi connectivity index (χ3n) is 3.28. The van der Waals surface area contributed by atoms with Crippen LogP contribution in [-0.4, -0.2) is 10.9 Å². The largest absolute Gasteiger partial charge is 0.488 e. The number of primary amides is 1. The number of benzene rings is 2. The van der Waals surface area contributed by atoms with Gasteiger partial charge in [-0.3, -0.25) is 9.78 Å². The van der Waals surface area contributed by atoms with Gasteiger partial charge in [0, 0.05) is 17.1 Å². The highest BCUT2D eigenvalue weighted by Crippen LogP contribution is 2.22. The quantitative estimate of drug-likeness (QED) is 0.804. The number of aromatic nitrogens is 1. The standard InChI is InChI=1S/C17H13FN2O2/c18-13-8-11-4-3-7-20-16(11)12(9-13)10-22-15-6-2-1-5-14(15)17(19)21/h1-9H,10H2,(H2,19,21). The van der Waals surface area contributed by atoms with Crippen molar-refractivity contribution in [1.82, 2.24) is 4.98 Å². The first-order valence-electron chi connectivity index (χ1n) is 6.70. The minimum Gasteiger partial charge on any atom is -0.488 e. The molecule has 0 fully saturated rings. The number of para-hydroxylation sites is 1. The lowest BCUT2D eigenvalue weighted by molar-refractivity contribution is 0.0996. The van der Waals surface area contributed by atoms with Crippen molar-refractivity contribution in [2.45, 2.75) is 6.61 Å². The third kappa shape index (κ3) is 2.74. The highest BCUT2D eigenvalue weighted by Gasteiger charge is 2.10. The Morgan fingerprint density at radius 3 is 2.82 bits per heavy atom. The molecule has 0 aliphatic heterocycles. The van der Waals surface area contributed by atoms with Crippen molar-refractivity contribution < 1.29 is 13.9 Å². The maximum absolute atomic E-state index is 13.7. The lowest BCUT2D eigenvalue weighted by atomic mass is 10.1. The average Bonchev–Trinajstić information content (AvgIpc) is 2.52. The Balaban J connectivity index is 1.93. The van der Waals surface area contributed by atoms with Gasteiger partial charge >= 0.3 is 0 Å². The first-order valence-corrected chi connectivity index (χ1v) is 6.70. The molecule has 1 amide bonds. The summed E-state index contributed by atoms with van der Waals surface area (Å²) in [5.41, 5.74) is 6.87. The summed E-state index contributed by atoms with van der Waals surface area (Å²) in [6.45, 7) is 0.0928. The number of hydrogen-bond donors (Lipinski definition) is 1. The van der Waals surface area contributed by atoms with Crippen LogP contribution in [0.15, 0.2) is 54.7 Å². The van der Waals surface area contributed by atoms with Crippen molar-refractivity contribution in [3.05, 3.63) is 71.7 Å². The molecular weight excluding hydrogens is 283 g/mol. The van der Waals surface area contributed by atoms with E-state index in [0.717, 1.165) is 0 Å². The molecule has 0 aliphatic rings. The van der Waals surface area contributed by atoms with Crippen molar-refractivity contribution in [1.29, 1.82) is 0 Å². The van der Waals surface area contributed by atoms with Crippen molar-refractivity contribution in [2.24, 2.45) is 5.73 Å². The molecular formula is C17H13FN2O2. The van der Waals surface area contributed by atoms with Crippen LogP contribution in [0.4, 0.5) is 4.39 Å². The summed E-state index contributed by atoms with van der Waals surface area (Å²) in [7, 11) is 0. The Hall–Kier alpha value is -2.95. The van der Waals surface area contributed by atoms with E-state index in [9.17, 15) is 9.18 Å². The van der Waals surface area contributed by atoms with Crippen LogP contribution in [0.5, 0.6) is 5.75 Å². The van der Waals surface area contributed by atoms with Crippen molar-refractivity contribution in [3.63, 3.8) is 0 Å². The van der Waals surface area contributed by atoms with E-state index in [1.54, 1.807) is 42.6 Å². The molecule has 110 valence electrons. The van der Waals surface area contributed by atoms with Gasteiger partial charge in [0.1, 0.15) is 18.2 Å². The summed E-state index contributed by atoms with van der Waals surface area (Å²) >= 11 is 0. The summed E-state index contributed by atoms with van der Waals surface area (Å²) in [6, 6.07) is 13.0. The molecule has 0 spiro atoms. The molecule has 22 heavy (non-hydrogen) atoms. The molecule has 1 aromatic heterocycles. The molecule has 0 bridgehead atoms. The highest BCUT2D eigenvalue weighted by molar-refractivity contribution is 5.95. The number of amides is 1. The molecule has 2 N–H and O–H groups in total.